The van der Waals surface area contributed by atoms with Gasteiger partial charge in [-0.05, 0) is 47.7 Å². The van der Waals surface area contributed by atoms with E-state index in [1.54, 1.807) is 27.7 Å². The molecule has 8 atom stereocenters. The molecule has 0 bridgehead atoms. The molecule has 2 rings (SSSR count). The summed E-state index contributed by atoms with van der Waals surface area (Å²) in [5.74, 6) is -2.21. The fraction of sp³-hybridized carbons (Fsp3) is 0.815. The third-order valence-electron chi connectivity index (χ3n) is 7.20. The van der Waals surface area contributed by atoms with Gasteiger partial charge in [-0.15, -0.1) is 0 Å². The Balaban J connectivity index is 2.60. The summed E-state index contributed by atoms with van der Waals surface area (Å²) in [6, 6.07) is -0.234. The number of hydrogen-bond donors (Lipinski definition) is 0. The molecule has 0 saturated carbocycles. The van der Waals surface area contributed by atoms with Gasteiger partial charge in [0.2, 0.25) is 5.79 Å². The predicted octanol–water partition coefficient (Wildman–Crippen LogP) is 3.44. The molecule has 2 heterocycles. The van der Waals surface area contributed by atoms with Crippen molar-refractivity contribution in [1.82, 2.24) is 4.90 Å². The molecule has 0 spiro atoms. The topological polar surface area (TPSA) is 119 Å². The van der Waals surface area contributed by atoms with Crippen LogP contribution in [0.1, 0.15) is 61.3 Å². The number of hydrogen-bond acceptors (Lipinski definition) is 11. The van der Waals surface area contributed by atoms with Crippen LogP contribution in [0.15, 0.2) is 11.3 Å². The maximum absolute atomic E-state index is 12.7. The Morgan fingerprint density at radius 3 is 2.39 bits per heavy atom. The maximum Gasteiger partial charge on any atom is 0.508 e. The van der Waals surface area contributed by atoms with Crippen LogP contribution in [0.2, 0.25) is 0 Å². The van der Waals surface area contributed by atoms with E-state index in [2.05, 4.69) is 0 Å². The van der Waals surface area contributed by atoms with Crippen molar-refractivity contribution in [2.45, 2.75) is 103 Å². The fourth-order valence-corrected chi connectivity index (χ4v) is 5.20. The van der Waals surface area contributed by atoms with Gasteiger partial charge in [-0.2, -0.15) is 0 Å². The van der Waals surface area contributed by atoms with E-state index in [1.165, 1.54) is 14.2 Å². The minimum atomic E-state index is -1.19. The largest absolute Gasteiger partial charge is 0.508 e. The second-order valence-electron chi connectivity index (χ2n) is 11.2. The standard InChI is InChI=1S/C27H45NO10/c1-15(14-29)13-27(7,33-11)22(17(3)20-18(4)23(30)38-26(5,6)37-20)36-24-21(35-25(31)32-10)19(28(8)9)12-16(2)34-24/h14-17,19,21-22,24H,12-13H2,1-11H3/t15-,16-,17+,19+,21-,22-,24+,27-/m1/s1. The van der Waals surface area contributed by atoms with Gasteiger partial charge < -0.3 is 42.9 Å². The Morgan fingerprint density at radius 1 is 1.24 bits per heavy atom. The van der Waals surface area contributed by atoms with Crippen molar-refractivity contribution in [3.63, 3.8) is 0 Å². The summed E-state index contributed by atoms with van der Waals surface area (Å²) in [5, 5.41) is 0. The summed E-state index contributed by atoms with van der Waals surface area (Å²) in [6.07, 6.45) is -1.98. The van der Waals surface area contributed by atoms with Crippen LogP contribution in [0.3, 0.4) is 0 Å². The lowest BCUT2D eigenvalue weighted by Gasteiger charge is -2.48. The molecule has 0 amide bonds. The van der Waals surface area contributed by atoms with E-state index in [0.29, 0.717) is 24.2 Å². The number of nitrogens with zero attached hydrogens (tertiary/aromatic N) is 1. The summed E-state index contributed by atoms with van der Waals surface area (Å²) in [7, 11) is 6.54. The van der Waals surface area contributed by atoms with Gasteiger partial charge in [-0.25, -0.2) is 9.59 Å². The Morgan fingerprint density at radius 2 is 1.87 bits per heavy atom. The molecule has 1 fully saturated rings. The Hall–Kier alpha value is -2.21. The lowest BCUT2D eigenvalue weighted by molar-refractivity contribution is -0.299. The van der Waals surface area contributed by atoms with Crippen LogP contribution < -0.4 is 0 Å². The summed E-state index contributed by atoms with van der Waals surface area (Å²) in [5.41, 5.74) is -0.728. The van der Waals surface area contributed by atoms with Gasteiger partial charge in [0.15, 0.2) is 12.4 Å². The zero-order valence-electron chi connectivity index (χ0n) is 24.6. The van der Waals surface area contributed by atoms with Crippen LogP contribution >= 0.6 is 0 Å². The summed E-state index contributed by atoms with van der Waals surface area (Å²) in [6.45, 7) is 12.3. The van der Waals surface area contributed by atoms with E-state index in [0.717, 1.165) is 6.29 Å². The number of esters is 1. The highest BCUT2D eigenvalue weighted by atomic mass is 16.8. The molecule has 0 aromatic heterocycles. The first kappa shape index (κ1) is 32.0. The van der Waals surface area contributed by atoms with Crippen molar-refractivity contribution in [2.75, 3.05) is 28.3 Å². The molecule has 0 aliphatic carbocycles. The number of likely N-dealkylation sites (N-methyl/N-ethyl adjacent to an activating group) is 1. The third-order valence-corrected chi connectivity index (χ3v) is 7.20. The normalized spacial score (nSPS) is 29.4. The van der Waals surface area contributed by atoms with Crippen molar-refractivity contribution in [3.8, 4) is 0 Å². The average molecular weight is 544 g/mol. The van der Waals surface area contributed by atoms with Gasteiger partial charge in [0.1, 0.15) is 12.0 Å². The molecule has 2 aliphatic heterocycles. The molecular weight excluding hydrogens is 498 g/mol. The van der Waals surface area contributed by atoms with Crippen molar-refractivity contribution in [2.24, 2.45) is 11.8 Å². The molecule has 11 heteroatoms. The average Bonchev–Trinajstić information content (AvgIpc) is 2.84. The lowest BCUT2D eigenvalue weighted by Crippen LogP contribution is -2.59. The maximum atomic E-state index is 12.7. The second-order valence-corrected chi connectivity index (χ2v) is 11.2. The second kappa shape index (κ2) is 12.8. The minimum absolute atomic E-state index is 0.218. The predicted molar refractivity (Wildman–Crippen MR) is 137 cm³/mol. The molecule has 0 unspecified atom stereocenters. The SMILES string of the molecule is COC(=O)O[C@H]1[C@H](O[C@H]([C@@H](C)C2=C(C)C(=O)OC(C)(C)O2)[C@@](C)(C[C@@H](C)C=O)OC)O[C@H](C)C[C@@H]1N(C)C. The van der Waals surface area contributed by atoms with E-state index in [9.17, 15) is 14.4 Å². The quantitative estimate of drug-likeness (QED) is 0.282. The van der Waals surface area contributed by atoms with Crippen LogP contribution in [-0.4, -0.2) is 93.7 Å². The highest BCUT2D eigenvalue weighted by Crippen LogP contribution is 2.40. The summed E-state index contributed by atoms with van der Waals surface area (Å²) in [4.78, 5) is 38.5. The smallest absolute Gasteiger partial charge is 0.456 e. The molecule has 1 saturated heterocycles. The van der Waals surface area contributed by atoms with Crippen LogP contribution in [0, 0.1) is 11.8 Å². The van der Waals surface area contributed by atoms with Crippen molar-refractivity contribution >= 4 is 18.4 Å². The van der Waals surface area contributed by atoms with E-state index in [4.69, 9.17) is 33.2 Å². The highest BCUT2D eigenvalue weighted by Gasteiger charge is 2.50. The van der Waals surface area contributed by atoms with E-state index >= 15 is 0 Å². The van der Waals surface area contributed by atoms with Crippen LogP contribution in [0.25, 0.3) is 0 Å². The monoisotopic (exact) mass is 543 g/mol. The summed E-state index contributed by atoms with van der Waals surface area (Å²) >= 11 is 0. The first-order valence-electron chi connectivity index (χ1n) is 12.9. The number of ether oxygens (including phenoxy) is 7. The van der Waals surface area contributed by atoms with Crippen molar-refractivity contribution < 1.29 is 47.5 Å². The van der Waals surface area contributed by atoms with Crippen LogP contribution in [0.5, 0.6) is 0 Å². The molecule has 0 aromatic carbocycles. The van der Waals surface area contributed by atoms with E-state index in [-0.39, 0.29) is 18.1 Å². The zero-order valence-corrected chi connectivity index (χ0v) is 24.6. The molecule has 0 N–H and O–H groups in total. The third kappa shape index (κ3) is 7.46. The lowest BCUT2D eigenvalue weighted by atomic mass is 9.80. The summed E-state index contributed by atoms with van der Waals surface area (Å²) < 4.78 is 40.8. The number of cyclic esters (lactones) is 1. The van der Waals surface area contributed by atoms with Gasteiger partial charge in [-0.3, -0.25) is 0 Å². The van der Waals surface area contributed by atoms with E-state index < -0.39 is 47.9 Å². The molecule has 2 aliphatic rings. The van der Waals surface area contributed by atoms with Gasteiger partial charge >= 0.3 is 12.1 Å². The van der Waals surface area contributed by atoms with Crippen molar-refractivity contribution in [1.29, 1.82) is 0 Å². The number of methoxy groups -OCH3 is 2. The zero-order chi connectivity index (χ0) is 29.0. The molecule has 0 aromatic rings. The Bertz CT molecular complexity index is 887. The van der Waals surface area contributed by atoms with Crippen LogP contribution in [-0.2, 0) is 42.7 Å². The Kier molecular flexibility index (Phi) is 10.7. The number of carbonyl (C=O) groups is 3. The highest BCUT2D eigenvalue weighted by molar-refractivity contribution is 5.89. The molecule has 218 valence electrons. The van der Waals surface area contributed by atoms with Crippen LogP contribution in [0.4, 0.5) is 4.79 Å². The van der Waals surface area contributed by atoms with Crippen molar-refractivity contribution in [3.05, 3.63) is 11.3 Å². The molecule has 11 nitrogen and oxygen atoms in total. The number of carbonyl (C=O) groups excluding carboxylic acids is 3. The fourth-order valence-electron chi connectivity index (χ4n) is 5.20. The van der Waals surface area contributed by atoms with Gasteiger partial charge in [0, 0.05) is 32.8 Å². The first-order chi connectivity index (χ1) is 17.6. The number of aldehydes is 1. The molecule has 38 heavy (non-hydrogen) atoms. The molecular formula is C27H45NO10. The van der Waals surface area contributed by atoms with E-state index in [1.807, 2.05) is 39.8 Å². The van der Waals surface area contributed by atoms with Gasteiger partial charge in [0.05, 0.1) is 36.5 Å². The van der Waals surface area contributed by atoms with Gasteiger partial charge in [-0.1, -0.05) is 13.8 Å². The number of rotatable bonds is 11. The molecule has 0 radical (unpaired) electrons. The minimum Gasteiger partial charge on any atom is -0.456 e. The first-order valence-corrected chi connectivity index (χ1v) is 12.9. The Labute approximate surface area is 226 Å². The van der Waals surface area contributed by atoms with Gasteiger partial charge in [0.25, 0.3) is 0 Å².